The van der Waals surface area contributed by atoms with E-state index in [1.54, 1.807) is 18.2 Å². The highest BCUT2D eigenvalue weighted by Crippen LogP contribution is 2.34. The molecule has 0 radical (unpaired) electrons. The predicted molar refractivity (Wildman–Crippen MR) is 112 cm³/mol. The van der Waals surface area contributed by atoms with E-state index < -0.39 is 11.6 Å². The zero-order valence-electron chi connectivity index (χ0n) is 16.7. The standard InChI is InChI=1S/C21H22BrF2N3O3/c1-25(2)7-8-26(11-14-3-5-16(23)10-17(14)24)20(28)12-27-18-6-4-15(22)9-19(18)30-13-21(27)29/h3-6,9-10H,7-8,11-13H2,1-2H3. The maximum absolute atomic E-state index is 14.2. The van der Waals surface area contributed by atoms with Crippen LogP contribution in [0.2, 0.25) is 0 Å². The number of halogens is 3. The van der Waals surface area contributed by atoms with Crippen LogP contribution in [0.25, 0.3) is 0 Å². The molecule has 160 valence electrons. The minimum Gasteiger partial charge on any atom is -0.482 e. The van der Waals surface area contributed by atoms with Crippen molar-refractivity contribution < 1.29 is 23.1 Å². The number of nitrogens with zero attached hydrogens (tertiary/aromatic N) is 3. The van der Waals surface area contributed by atoms with E-state index in [4.69, 9.17) is 4.74 Å². The molecule has 0 aromatic heterocycles. The normalized spacial score (nSPS) is 13.3. The van der Waals surface area contributed by atoms with Crippen molar-refractivity contribution in [3.05, 3.63) is 58.1 Å². The predicted octanol–water partition coefficient (Wildman–Crippen LogP) is 3.04. The average molecular weight is 482 g/mol. The van der Waals surface area contributed by atoms with Crippen molar-refractivity contribution in [2.45, 2.75) is 6.54 Å². The van der Waals surface area contributed by atoms with E-state index >= 15 is 0 Å². The second-order valence-corrected chi connectivity index (χ2v) is 8.15. The molecule has 0 bridgehead atoms. The Balaban J connectivity index is 1.81. The molecule has 3 rings (SSSR count). The third-order valence-electron chi connectivity index (χ3n) is 4.70. The van der Waals surface area contributed by atoms with Gasteiger partial charge in [0.2, 0.25) is 5.91 Å². The van der Waals surface area contributed by atoms with E-state index in [1.807, 2.05) is 19.0 Å². The highest BCUT2D eigenvalue weighted by atomic mass is 79.9. The molecule has 30 heavy (non-hydrogen) atoms. The lowest BCUT2D eigenvalue weighted by Crippen LogP contribution is -2.47. The van der Waals surface area contributed by atoms with Gasteiger partial charge in [-0.15, -0.1) is 0 Å². The van der Waals surface area contributed by atoms with Gasteiger partial charge < -0.3 is 14.5 Å². The fraction of sp³-hybridized carbons (Fsp3) is 0.333. The van der Waals surface area contributed by atoms with Gasteiger partial charge in [-0.3, -0.25) is 14.5 Å². The summed E-state index contributed by atoms with van der Waals surface area (Å²) in [6.07, 6.45) is 0. The fourth-order valence-electron chi connectivity index (χ4n) is 3.06. The van der Waals surface area contributed by atoms with Crippen molar-refractivity contribution in [1.82, 2.24) is 9.80 Å². The summed E-state index contributed by atoms with van der Waals surface area (Å²) >= 11 is 3.36. The van der Waals surface area contributed by atoms with Gasteiger partial charge in [0, 0.05) is 35.7 Å². The third kappa shape index (κ3) is 5.34. The van der Waals surface area contributed by atoms with Crippen LogP contribution in [0.3, 0.4) is 0 Å². The molecule has 9 heteroatoms. The first-order chi connectivity index (χ1) is 14.2. The summed E-state index contributed by atoms with van der Waals surface area (Å²) in [4.78, 5) is 30.3. The average Bonchev–Trinajstić information content (AvgIpc) is 2.68. The minimum atomic E-state index is -0.713. The first-order valence-corrected chi connectivity index (χ1v) is 10.1. The molecule has 0 unspecified atom stereocenters. The molecule has 0 spiro atoms. The summed E-state index contributed by atoms with van der Waals surface area (Å²) in [5, 5.41) is 0. The van der Waals surface area contributed by atoms with Gasteiger partial charge in [0.15, 0.2) is 6.61 Å². The number of rotatable bonds is 7. The summed E-state index contributed by atoms with van der Waals surface area (Å²) in [7, 11) is 3.72. The van der Waals surface area contributed by atoms with Crippen LogP contribution in [0.15, 0.2) is 40.9 Å². The largest absolute Gasteiger partial charge is 0.482 e. The van der Waals surface area contributed by atoms with Gasteiger partial charge in [-0.1, -0.05) is 22.0 Å². The van der Waals surface area contributed by atoms with Crippen molar-refractivity contribution in [2.75, 3.05) is 45.2 Å². The van der Waals surface area contributed by atoms with Crippen molar-refractivity contribution in [1.29, 1.82) is 0 Å². The lowest BCUT2D eigenvalue weighted by Gasteiger charge is -2.32. The quantitative estimate of drug-likeness (QED) is 0.609. The molecule has 2 aromatic rings. The Morgan fingerprint density at radius 1 is 1.17 bits per heavy atom. The van der Waals surface area contributed by atoms with Crippen LogP contribution < -0.4 is 9.64 Å². The number of hydrogen-bond acceptors (Lipinski definition) is 4. The van der Waals surface area contributed by atoms with Crippen LogP contribution >= 0.6 is 15.9 Å². The van der Waals surface area contributed by atoms with E-state index in [-0.39, 0.29) is 37.1 Å². The molecule has 0 fully saturated rings. The monoisotopic (exact) mass is 481 g/mol. The van der Waals surface area contributed by atoms with Crippen LogP contribution in [0.4, 0.5) is 14.5 Å². The number of anilines is 1. The number of benzene rings is 2. The number of carbonyl (C=O) groups is 2. The second kappa shape index (κ2) is 9.53. The summed E-state index contributed by atoms with van der Waals surface area (Å²) in [6.45, 7) is 0.488. The molecule has 0 saturated carbocycles. The van der Waals surface area contributed by atoms with Gasteiger partial charge in [-0.25, -0.2) is 8.78 Å². The number of likely N-dealkylation sites (N-methyl/N-ethyl adjacent to an activating group) is 1. The van der Waals surface area contributed by atoms with E-state index in [2.05, 4.69) is 15.9 Å². The molecule has 1 aliphatic rings. The zero-order valence-corrected chi connectivity index (χ0v) is 18.3. The van der Waals surface area contributed by atoms with Crippen molar-refractivity contribution in [3.63, 3.8) is 0 Å². The van der Waals surface area contributed by atoms with Crippen molar-refractivity contribution >= 4 is 33.4 Å². The smallest absolute Gasteiger partial charge is 0.265 e. The maximum Gasteiger partial charge on any atom is 0.265 e. The number of amides is 2. The molecule has 0 N–H and O–H groups in total. The molecule has 2 aromatic carbocycles. The molecule has 0 atom stereocenters. The number of fused-ring (bicyclic) bond motifs is 1. The molecule has 2 amide bonds. The zero-order chi connectivity index (χ0) is 21.8. The molecular weight excluding hydrogens is 460 g/mol. The highest BCUT2D eigenvalue weighted by Gasteiger charge is 2.29. The number of hydrogen-bond donors (Lipinski definition) is 0. The first kappa shape index (κ1) is 22.2. The van der Waals surface area contributed by atoms with Gasteiger partial charge in [-0.2, -0.15) is 0 Å². The first-order valence-electron chi connectivity index (χ1n) is 9.33. The van der Waals surface area contributed by atoms with Gasteiger partial charge in [0.1, 0.15) is 23.9 Å². The van der Waals surface area contributed by atoms with Crippen LogP contribution in [0.1, 0.15) is 5.56 Å². The molecule has 0 aliphatic carbocycles. The Morgan fingerprint density at radius 3 is 2.63 bits per heavy atom. The lowest BCUT2D eigenvalue weighted by molar-refractivity contribution is -0.132. The van der Waals surface area contributed by atoms with Crippen LogP contribution in [0.5, 0.6) is 5.75 Å². The third-order valence-corrected chi connectivity index (χ3v) is 5.20. The second-order valence-electron chi connectivity index (χ2n) is 7.23. The van der Waals surface area contributed by atoms with Crippen LogP contribution in [-0.4, -0.2) is 62.0 Å². The summed E-state index contributed by atoms with van der Waals surface area (Å²) in [6, 6.07) is 8.48. The number of carbonyl (C=O) groups excluding carboxylic acids is 2. The molecule has 0 saturated heterocycles. The molecule has 1 aliphatic heterocycles. The molecule has 1 heterocycles. The fourth-order valence-corrected chi connectivity index (χ4v) is 3.40. The lowest BCUT2D eigenvalue weighted by atomic mass is 10.2. The van der Waals surface area contributed by atoms with Crippen LogP contribution in [0, 0.1) is 11.6 Å². The summed E-state index contributed by atoms with van der Waals surface area (Å²) in [5.74, 6) is -1.57. The van der Waals surface area contributed by atoms with Gasteiger partial charge >= 0.3 is 0 Å². The molecular formula is C21H22BrF2N3O3. The Hall–Kier alpha value is -2.52. The maximum atomic E-state index is 14.2. The van der Waals surface area contributed by atoms with Gasteiger partial charge in [-0.05, 0) is 38.4 Å². The Labute approximate surface area is 182 Å². The van der Waals surface area contributed by atoms with Crippen LogP contribution in [-0.2, 0) is 16.1 Å². The Kier molecular flexibility index (Phi) is 7.04. The SMILES string of the molecule is CN(C)CCN(Cc1ccc(F)cc1F)C(=O)CN1C(=O)COc2cc(Br)ccc21. The van der Waals surface area contributed by atoms with E-state index in [9.17, 15) is 18.4 Å². The molecule has 6 nitrogen and oxygen atoms in total. The highest BCUT2D eigenvalue weighted by molar-refractivity contribution is 9.10. The Bertz CT molecular complexity index is 955. The number of ether oxygens (including phenoxy) is 1. The van der Waals surface area contributed by atoms with Gasteiger partial charge in [0.05, 0.1) is 5.69 Å². The van der Waals surface area contributed by atoms with Gasteiger partial charge in [0.25, 0.3) is 5.91 Å². The summed E-state index contributed by atoms with van der Waals surface area (Å²) < 4.78 is 33.6. The summed E-state index contributed by atoms with van der Waals surface area (Å²) in [5.41, 5.74) is 0.712. The van der Waals surface area contributed by atoms with E-state index in [1.165, 1.54) is 15.9 Å². The van der Waals surface area contributed by atoms with E-state index in [0.717, 1.165) is 16.6 Å². The topological polar surface area (TPSA) is 53.1 Å². The minimum absolute atomic E-state index is 0.0233. The van der Waals surface area contributed by atoms with Crippen molar-refractivity contribution in [2.24, 2.45) is 0 Å². The Morgan fingerprint density at radius 2 is 1.93 bits per heavy atom. The van der Waals surface area contributed by atoms with Crippen molar-refractivity contribution in [3.8, 4) is 5.75 Å². The van der Waals surface area contributed by atoms with E-state index in [0.29, 0.717) is 24.5 Å².